The standard InChI is InChI=1S/C16H33N3O/c1-13(2)16(20)19(15(5)6)12-9-17-7-10-18(11-8-17)14(3)4/h13-15H,7-12H2,1-6H3. The monoisotopic (exact) mass is 283 g/mol. The summed E-state index contributed by atoms with van der Waals surface area (Å²) < 4.78 is 0. The van der Waals surface area contributed by atoms with Crippen LogP contribution >= 0.6 is 0 Å². The summed E-state index contributed by atoms with van der Waals surface area (Å²) in [5.74, 6) is 0.371. The van der Waals surface area contributed by atoms with Crippen molar-refractivity contribution < 1.29 is 4.79 Å². The molecule has 0 aromatic heterocycles. The van der Waals surface area contributed by atoms with Gasteiger partial charge in [-0.3, -0.25) is 14.6 Å². The zero-order valence-corrected chi connectivity index (χ0v) is 14.2. The molecule has 0 saturated carbocycles. The highest BCUT2D eigenvalue weighted by Gasteiger charge is 2.22. The summed E-state index contributed by atoms with van der Waals surface area (Å²) >= 11 is 0. The molecular formula is C16H33N3O. The van der Waals surface area contributed by atoms with E-state index < -0.39 is 0 Å². The molecule has 1 aliphatic rings. The molecule has 0 radical (unpaired) electrons. The van der Waals surface area contributed by atoms with Gasteiger partial charge in [-0.2, -0.15) is 0 Å². The first kappa shape index (κ1) is 17.4. The largest absolute Gasteiger partial charge is 0.339 e. The number of carbonyl (C=O) groups excluding carboxylic acids is 1. The summed E-state index contributed by atoms with van der Waals surface area (Å²) in [6.07, 6.45) is 0. The van der Waals surface area contributed by atoms with Gasteiger partial charge in [0.1, 0.15) is 0 Å². The summed E-state index contributed by atoms with van der Waals surface area (Å²) in [6, 6.07) is 0.939. The third-order valence-corrected chi connectivity index (χ3v) is 4.19. The normalized spacial score (nSPS) is 18.2. The lowest BCUT2D eigenvalue weighted by Gasteiger charge is -2.38. The van der Waals surface area contributed by atoms with Crippen molar-refractivity contribution >= 4 is 5.91 Å². The number of hydrogen-bond donors (Lipinski definition) is 0. The summed E-state index contributed by atoms with van der Waals surface area (Å²) in [7, 11) is 0. The van der Waals surface area contributed by atoms with E-state index in [2.05, 4.69) is 37.5 Å². The van der Waals surface area contributed by atoms with E-state index >= 15 is 0 Å². The Kier molecular flexibility index (Phi) is 6.96. The molecule has 0 spiro atoms. The lowest BCUT2D eigenvalue weighted by atomic mass is 10.1. The van der Waals surface area contributed by atoms with Crippen LogP contribution < -0.4 is 0 Å². The average molecular weight is 283 g/mol. The van der Waals surface area contributed by atoms with E-state index in [-0.39, 0.29) is 11.8 Å². The predicted molar refractivity (Wildman–Crippen MR) is 84.8 cm³/mol. The van der Waals surface area contributed by atoms with Crippen LogP contribution in [0, 0.1) is 5.92 Å². The Morgan fingerprint density at radius 1 is 1.00 bits per heavy atom. The smallest absolute Gasteiger partial charge is 0.225 e. The van der Waals surface area contributed by atoms with Gasteiger partial charge in [0.05, 0.1) is 0 Å². The van der Waals surface area contributed by atoms with Crippen LogP contribution in [0.25, 0.3) is 0 Å². The van der Waals surface area contributed by atoms with Crippen molar-refractivity contribution in [2.75, 3.05) is 39.3 Å². The van der Waals surface area contributed by atoms with Crippen LogP contribution in [0.1, 0.15) is 41.5 Å². The SMILES string of the molecule is CC(C)C(=O)N(CCN1CCN(C(C)C)CC1)C(C)C. The molecule has 1 rings (SSSR count). The van der Waals surface area contributed by atoms with E-state index in [1.54, 1.807) is 0 Å². The van der Waals surface area contributed by atoms with Gasteiger partial charge in [0.2, 0.25) is 5.91 Å². The van der Waals surface area contributed by atoms with Gasteiger partial charge in [-0.25, -0.2) is 0 Å². The second kappa shape index (κ2) is 7.99. The van der Waals surface area contributed by atoms with E-state index in [1.165, 1.54) is 0 Å². The maximum atomic E-state index is 12.2. The molecule has 0 aliphatic carbocycles. The van der Waals surface area contributed by atoms with E-state index in [1.807, 2.05) is 18.7 Å². The number of amides is 1. The fourth-order valence-electron chi connectivity index (χ4n) is 2.71. The fraction of sp³-hybridized carbons (Fsp3) is 0.938. The van der Waals surface area contributed by atoms with Gasteiger partial charge in [0, 0.05) is 57.3 Å². The maximum absolute atomic E-state index is 12.2. The maximum Gasteiger partial charge on any atom is 0.225 e. The van der Waals surface area contributed by atoms with Crippen LogP contribution in [0.3, 0.4) is 0 Å². The third-order valence-electron chi connectivity index (χ3n) is 4.19. The fourth-order valence-corrected chi connectivity index (χ4v) is 2.71. The first-order valence-corrected chi connectivity index (χ1v) is 8.09. The Morgan fingerprint density at radius 3 is 1.95 bits per heavy atom. The van der Waals surface area contributed by atoms with Crippen molar-refractivity contribution in [2.24, 2.45) is 5.92 Å². The highest BCUT2D eigenvalue weighted by molar-refractivity contribution is 5.78. The van der Waals surface area contributed by atoms with E-state index in [4.69, 9.17) is 0 Å². The lowest BCUT2D eigenvalue weighted by Crippen LogP contribution is -2.51. The Balaban J connectivity index is 2.40. The van der Waals surface area contributed by atoms with Crippen LogP contribution in [-0.4, -0.2) is 72.0 Å². The summed E-state index contributed by atoms with van der Waals surface area (Å²) in [5, 5.41) is 0. The molecule has 0 aromatic carbocycles. The molecular weight excluding hydrogens is 250 g/mol. The lowest BCUT2D eigenvalue weighted by molar-refractivity contribution is -0.136. The molecule has 1 aliphatic heterocycles. The number of rotatable bonds is 6. The third kappa shape index (κ3) is 5.06. The minimum absolute atomic E-state index is 0.0928. The van der Waals surface area contributed by atoms with Gasteiger partial charge >= 0.3 is 0 Å². The second-order valence-electron chi connectivity index (χ2n) is 6.75. The molecule has 118 valence electrons. The Hall–Kier alpha value is -0.610. The summed E-state index contributed by atoms with van der Waals surface area (Å²) in [5.41, 5.74) is 0. The molecule has 4 nitrogen and oxygen atoms in total. The van der Waals surface area contributed by atoms with E-state index in [0.29, 0.717) is 12.1 Å². The Morgan fingerprint density at radius 2 is 1.55 bits per heavy atom. The van der Waals surface area contributed by atoms with Gasteiger partial charge in [-0.1, -0.05) is 13.8 Å². The first-order valence-electron chi connectivity index (χ1n) is 8.09. The van der Waals surface area contributed by atoms with Crippen molar-refractivity contribution in [1.29, 1.82) is 0 Å². The molecule has 0 atom stereocenters. The molecule has 1 amide bonds. The van der Waals surface area contributed by atoms with Crippen molar-refractivity contribution in [3.8, 4) is 0 Å². The van der Waals surface area contributed by atoms with E-state index in [9.17, 15) is 4.79 Å². The zero-order valence-electron chi connectivity index (χ0n) is 14.2. The molecule has 1 heterocycles. The molecule has 1 fully saturated rings. The van der Waals surface area contributed by atoms with Crippen LogP contribution in [0.2, 0.25) is 0 Å². The van der Waals surface area contributed by atoms with Gasteiger partial charge in [-0.15, -0.1) is 0 Å². The molecule has 0 bridgehead atoms. The Labute approximate surface area is 125 Å². The van der Waals surface area contributed by atoms with Crippen LogP contribution in [-0.2, 0) is 4.79 Å². The quantitative estimate of drug-likeness (QED) is 0.745. The Bertz CT molecular complexity index is 294. The topological polar surface area (TPSA) is 26.8 Å². The number of carbonyl (C=O) groups is 1. The molecule has 4 heteroatoms. The average Bonchev–Trinajstić information content (AvgIpc) is 2.38. The van der Waals surface area contributed by atoms with E-state index in [0.717, 1.165) is 39.3 Å². The molecule has 1 saturated heterocycles. The van der Waals surface area contributed by atoms with Gasteiger partial charge in [-0.05, 0) is 27.7 Å². The first-order chi connectivity index (χ1) is 9.32. The highest BCUT2D eigenvalue weighted by atomic mass is 16.2. The predicted octanol–water partition coefficient (Wildman–Crippen LogP) is 1.91. The van der Waals surface area contributed by atoms with Crippen molar-refractivity contribution in [3.05, 3.63) is 0 Å². The number of nitrogens with zero attached hydrogens (tertiary/aromatic N) is 3. The molecule has 0 aromatic rings. The number of piperazine rings is 1. The van der Waals surface area contributed by atoms with Crippen molar-refractivity contribution in [1.82, 2.24) is 14.7 Å². The van der Waals surface area contributed by atoms with Crippen molar-refractivity contribution in [2.45, 2.75) is 53.6 Å². The molecule has 0 N–H and O–H groups in total. The minimum atomic E-state index is 0.0928. The van der Waals surface area contributed by atoms with Gasteiger partial charge in [0.15, 0.2) is 0 Å². The summed E-state index contributed by atoms with van der Waals surface area (Å²) in [6.45, 7) is 19.1. The number of hydrogen-bond acceptors (Lipinski definition) is 3. The van der Waals surface area contributed by atoms with Crippen LogP contribution in [0.5, 0.6) is 0 Å². The van der Waals surface area contributed by atoms with Crippen LogP contribution in [0.15, 0.2) is 0 Å². The summed E-state index contributed by atoms with van der Waals surface area (Å²) in [4.78, 5) is 19.2. The zero-order chi connectivity index (χ0) is 15.3. The van der Waals surface area contributed by atoms with Gasteiger partial charge in [0.25, 0.3) is 0 Å². The van der Waals surface area contributed by atoms with Gasteiger partial charge < -0.3 is 4.90 Å². The highest BCUT2D eigenvalue weighted by Crippen LogP contribution is 2.09. The second-order valence-corrected chi connectivity index (χ2v) is 6.75. The minimum Gasteiger partial charge on any atom is -0.339 e. The van der Waals surface area contributed by atoms with Crippen molar-refractivity contribution in [3.63, 3.8) is 0 Å². The molecule has 20 heavy (non-hydrogen) atoms. The van der Waals surface area contributed by atoms with Crippen LogP contribution in [0.4, 0.5) is 0 Å². The molecule has 0 unspecified atom stereocenters.